The second-order valence-corrected chi connectivity index (χ2v) is 38.8. The summed E-state index contributed by atoms with van der Waals surface area (Å²) in [5.41, 5.74) is 58.3. The van der Waals surface area contributed by atoms with Gasteiger partial charge in [-0.3, -0.25) is 19.2 Å². The van der Waals surface area contributed by atoms with Crippen molar-refractivity contribution in [1.29, 1.82) is 0 Å². The first-order chi connectivity index (χ1) is 64.0. The Morgan fingerprint density at radius 2 is 0.789 bits per heavy atom. The number of anilines is 7. The van der Waals surface area contributed by atoms with Crippen LogP contribution in [0.3, 0.4) is 0 Å². The van der Waals surface area contributed by atoms with Gasteiger partial charge in [0.25, 0.3) is 29.5 Å². The van der Waals surface area contributed by atoms with Gasteiger partial charge in [0, 0.05) is 173 Å². The third-order valence-electron chi connectivity index (χ3n) is 27.1. The number of nitrogen functional groups attached to an aromatic ring is 3. The van der Waals surface area contributed by atoms with E-state index in [2.05, 4.69) is 102 Å². The van der Waals surface area contributed by atoms with E-state index in [9.17, 15) is 23.6 Å². The van der Waals surface area contributed by atoms with E-state index in [1.807, 2.05) is 61.9 Å². The normalized spacial score (nSPS) is 22.4. The molecule has 4 aromatic carbocycles. The number of aryl methyl sites for hydroxylation is 7. The fourth-order valence-corrected chi connectivity index (χ4v) is 22.7. The van der Waals surface area contributed by atoms with Crippen molar-refractivity contribution >= 4 is 139 Å². The first-order valence-electron chi connectivity index (χ1n) is 45.0. The van der Waals surface area contributed by atoms with Crippen LogP contribution in [0.4, 0.5) is 57.4 Å². The fourth-order valence-electron chi connectivity index (χ4n) is 19.6. The third-order valence-corrected chi connectivity index (χ3v) is 30.5. The maximum Gasteiger partial charge on any atom is 0.272 e. The van der Waals surface area contributed by atoms with Crippen molar-refractivity contribution < 1.29 is 60.4 Å². The van der Waals surface area contributed by atoms with Crippen molar-refractivity contribution in [2.45, 2.75) is 177 Å². The maximum absolute atomic E-state index is 15.1. The molecule has 20 rings (SSSR count). The average Bonchev–Trinajstić information content (AvgIpc) is 1.63. The highest BCUT2D eigenvalue weighted by atomic mass is 32.1. The molecule has 8 aromatic heterocycles. The highest BCUT2D eigenvalue weighted by molar-refractivity contribution is 7.22. The van der Waals surface area contributed by atoms with Gasteiger partial charge in [0.2, 0.25) is 0 Å². The van der Waals surface area contributed by atoms with Gasteiger partial charge in [0.05, 0.1) is 72.8 Å². The third kappa shape index (κ3) is 19.6. The SMILES string of the molecule is CCn1ccc2cc(C(=O)N[C@H]3CCc4cc(N5C[C@H](OC)[C@@H](N)C5)cc(F)c4C3)nnc21.CO[C@H]1CN(c2cc(F)c3c(c2)CC[C@@H](NC(=O)c2sc4nc(C)ccc4c2N)C3)C[C@@H]1N.CO[C@H]1CN(c2cc(F)c3c(c2)CC[C@H](NC(=O)c2sc4nc(C)ccc4c2N)C3)C[C@@H]1N.COc1nc2sc(C(=O)N[C@H]3CCc4cc(N5C[C@H](OC)[C@@H](N)C5)ccc4C3)c(N)c2cc1F. The Bertz CT molecular complexity index is 6230. The zero-order valence-corrected chi connectivity index (χ0v) is 78.0. The van der Waals surface area contributed by atoms with E-state index in [1.54, 1.807) is 52.7 Å². The quantitative estimate of drug-likeness (QED) is 0.0356. The molecule has 18 N–H and O–H groups in total. The minimum Gasteiger partial charge on any atom is -0.479 e. The van der Waals surface area contributed by atoms with Crippen molar-refractivity contribution in [2.75, 3.05) is 125 Å². The van der Waals surface area contributed by atoms with Crippen molar-refractivity contribution in [3.63, 3.8) is 0 Å². The first kappa shape index (κ1) is 93.3. The number of nitrogens with one attached hydrogen (secondary N) is 4. The van der Waals surface area contributed by atoms with Crippen LogP contribution in [0.15, 0.2) is 103 Å². The number of fused-ring (bicyclic) bond motifs is 8. The number of amides is 4. The van der Waals surface area contributed by atoms with Crippen LogP contribution in [-0.2, 0) is 76.9 Å². The zero-order valence-electron chi connectivity index (χ0n) is 75.5. The Morgan fingerprint density at radius 3 is 1.19 bits per heavy atom. The Morgan fingerprint density at radius 1 is 0.414 bits per heavy atom. The van der Waals surface area contributed by atoms with Gasteiger partial charge in [-0.1, -0.05) is 6.07 Å². The number of hydrogen-bond acceptors (Lipinski definition) is 28. The number of halogens is 4. The number of hydrogen-bond donors (Lipinski definition) is 11. The number of benzene rings is 4. The van der Waals surface area contributed by atoms with E-state index in [0.717, 1.165) is 152 Å². The van der Waals surface area contributed by atoms with E-state index < -0.39 is 5.82 Å². The summed E-state index contributed by atoms with van der Waals surface area (Å²) in [6.07, 6.45) is 9.93. The molecule has 4 fully saturated rings. The summed E-state index contributed by atoms with van der Waals surface area (Å²) in [7, 11) is 8.01. The Labute approximate surface area is 779 Å². The highest BCUT2D eigenvalue weighted by Crippen LogP contribution is 2.41. The van der Waals surface area contributed by atoms with E-state index in [4.69, 9.17) is 63.8 Å². The van der Waals surface area contributed by atoms with Crippen LogP contribution in [0.2, 0.25) is 0 Å². The number of carbonyl (C=O) groups excluding carboxylic acids is 4. The first-order valence-corrected chi connectivity index (χ1v) is 47.5. The lowest BCUT2D eigenvalue weighted by atomic mass is 9.87. The molecule has 37 heteroatoms. The summed E-state index contributed by atoms with van der Waals surface area (Å²) in [6.45, 7) is 12.1. The van der Waals surface area contributed by atoms with E-state index in [0.29, 0.717) is 131 Å². The largest absolute Gasteiger partial charge is 0.479 e. The molecule has 12 atom stereocenters. The molecule has 4 amide bonds. The minimum atomic E-state index is -0.608. The van der Waals surface area contributed by atoms with Crippen LogP contribution in [0.25, 0.3) is 41.7 Å². The van der Waals surface area contributed by atoms with Gasteiger partial charge < -0.3 is 109 Å². The summed E-state index contributed by atoms with van der Waals surface area (Å²) >= 11 is 3.73. The smallest absolute Gasteiger partial charge is 0.272 e. The molecular weight excluding hydrogens is 1760 g/mol. The summed E-state index contributed by atoms with van der Waals surface area (Å²) in [4.78, 5) is 76.6. The van der Waals surface area contributed by atoms with Crippen LogP contribution < -0.4 is 85.7 Å². The molecule has 702 valence electrons. The second kappa shape index (κ2) is 39.6. The van der Waals surface area contributed by atoms with E-state index >= 15 is 13.2 Å². The van der Waals surface area contributed by atoms with Crippen LogP contribution >= 0.6 is 34.0 Å². The predicted octanol–water partition coefficient (Wildman–Crippen LogP) is 10.1. The van der Waals surface area contributed by atoms with Gasteiger partial charge in [-0.05, 0) is 233 Å². The number of nitrogens with zero attached hydrogens (tertiary/aromatic N) is 10. The predicted molar refractivity (Wildman–Crippen MR) is 514 cm³/mol. The van der Waals surface area contributed by atoms with Gasteiger partial charge in [-0.25, -0.2) is 27.5 Å². The number of thiophene rings is 3. The molecule has 8 aliphatic rings. The molecule has 0 radical (unpaired) electrons. The average molecular weight is 1880 g/mol. The summed E-state index contributed by atoms with van der Waals surface area (Å²) in [6, 6.07) is 29.2. The fraction of sp³-hybridized carbons (Fsp3) is 0.427. The van der Waals surface area contributed by atoms with E-state index in [-0.39, 0.29) is 131 Å². The molecule has 4 aliphatic heterocycles. The van der Waals surface area contributed by atoms with Crippen LogP contribution in [0.1, 0.15) is 128 Å². The molecule has 30 nitrogen and oxygen atoms in total. The Hall–Kier alpha value is -11.5. The van der Waals surface area contributed by atoms with Gasteiger partial charge in [0.15, 0.2) is 17.2 Å². The van der Waals surface area contributed by atoms with Crippen molar-refractivity contribution in [3.05, 3.63) is 203 Å². The summed E-state index contributed by atoms with van der Waals surface area (Å²) in [5, 5.41) is 23.5. The highest BCUT2D eigenvalue weighted by Gasteiger charge is 2.39. The zero-order chi connectivity index (χ0) is 93.6. The topological polar surface area (TPSA) is 427 Å². The molecule has 0 unspecified atom stereocenters. The lowest BCUT2D eigenvalue weighted by Gasteiger charge is -2.28. The lowest BCUT2D eigenvalue weighted by molar-refractivity contribution is 0.0921. The molecular formula is C96H113F4N21O9S3. The van der Waals surface area contributed by atoms with Crippen LogP contribution in [0, 0.1) is 37.1 Å². The van der Waals surface area contributed by atoms with Crippen molar-refractivity contribution in [2.24, 2.45) is 22.9 Å². The second-order valence-electron chi connectivity index (χ2n) is 35.8. The molecule has 0 spiro atoms. The molecule has 133 heavy (non-hydrogen) atoms. The summed E-state index contributed by atoms with van der Waals surface area (Å²) < 4.78 is 88.0. The number of nitrogens with two attached hydrogens (primary N) is 7. The molecule has 0 saturated carbocycles. The number of methoxy groups -OCH3 is 5. The Kier molecular flexibility index (Phi) is 27.8. The molecule has 12 aromatic rings. The Balaban J connectivity index is 0.000000124. The number of ether oxygens (including phenoxy) is 5. The van der Waals surface area contributed by atoms with E-state index in [1.165, 1.54) is 47.0 Å². The van der Waals surface area contributed by atoms with Crippen molar-refractivity contribution in [3.8, 4) is 5.88 Å². The monoisotopic (exact) mass is 1880 g/mol. The summed E-state index contributed by atoms with van der Waals surface area (Å²) in [5.74, 6) is -2.43. The number of pyridine rings is 3. The maximum atomic E-state index is 15.1. The van der Waals surface area contributed by atoms with Crippen molar-refractivity contribution in [1.82, 2.24) is 51.0 Å². The molecule has 0 bridgehead atoms. The molecule has 4 saturated heterocycles. The van der Waals surface area contributed by atoms with Gasteiger partial charge in [-0.2, -0.15) is 4.98 Å². The van der Waals surface area contributed by atoms with Gasteiger partial charge >= 0.3 is 0 Å². The lowest BCUT2D eigenvalue weighted by Crippen LogP contribution is -2.39. The molecule has 4 aliphatic carbocycles. The number of carbonyl (C=O) groups is 4. The number of rotatable bonds is 18. The standard InChI is InChI=1S/C24H29FN6O2.C24H28FN5O3S.2C24H28FN5O2S/c1-3-30-7-6-15-9-21(28-29-23(15)30)24(32)27-16-5-4-14-8-17(11-19(25)18(14)10-16)31-12-20(26)22(13-31)33-2;1-32-19-11-30(10-18(19)26)15-6-4-12-7-14(5-3-13(12)8-15)28-22(31)21-20(27)16-9-17(25)23(33-2)29-24(16)34-21;2*1-12-3-6-16-21(27)22(33-24(16)28-12)23(31)29-14-5-4-13-7-15(9-18(25)17(13)8-14)30-10-19(26)20(11-30)32-2/h6-9,11,16,20,22H,3-5,10,12-13,26H2,1-2H3,(H,27,32);4,6,8-9,14,18-19H,3,5,7,10-11,26-27H2,1-2H3,(H,28,31);2*3,6-7,9,14,19-20H,4-5,8,10-11,26-27H2,1-2H3,(H,29,31)/t16-,20-,22-;14-,18-,19-;14-,19+,20+;14-,19-,20-/m0010/s1. The number of aromatic nitrogens is 6. The van der Waals surface area contributed by atoms with Crippen LogP contribution in [0.5, 0.6) is 5.88 Å². The molecule has 12 heterocycles. The van der Waals surface area contributed by atoms with Crippen LogP contribution in [-0.4, -0.2) is 214 Å². The minimum absolute atomic E-state index is 0.00669. The van der Waals surface area contributed by atoms with Gasteiger partial charge in [-0.15, -0.1) is 44.2 Å². The van der Waals surface area contributed by atoms with Gasteiger partial charge in [0.1, 0.15) is 46.6 Å².